The van der Waals surface area contributed by atoms with Gasteiger partial charge in [0.05, 0.1) is 0 Å². The highest BCUT2D eigenvalue weighted by molar-refractivity contribution is 5.52. The van der Waals surface area contributed by atoms with E-state index in [1.165, 1.54) is 11.3 Å². The maximum Gasteiger partial charge on any atom is 0.0409 e. The quantitative estimate of drug-likeness (QED) is 0.628. The molecule has 1 nitrogen and oxygen atoms in total. The molecule has 1 aliphatic rings. The maximum atomic E-state index is 2.25. The van der Waals surface area contributed by atoms with Crippen LogP contribution in [0.4, 0.5) is 5.69 Å². The maximum absolute atomic E-state index is 2.25. The molecule has 2 rings (SSSR count). The third-order valence-electron chi connectivity index (χ3n) is 2.13. The highest BCUT2D eigenvalue weighted by Crippen LogP contribution is 2.17. The van der Waals surface area contributed by atoms with Gasteiger partial charge >= 0.3 is 0 Å². The Hall–Kier alpha value is -1.50. The second kappa shape index (κ2) is 3.48. The Morgan fingerprint density at radius 3 is 2.62 bits per heavy atom. The fraction of sp³-hybridized carbons (Fsp3) is 0.167. The van der Waals surface area contributed by atoms with Crippen molar-refractivity contribution in [3.63, 3.8) is 0 Å². The Morgan fingerprint density at radius 2 is 1.92 bits per heavy atom. The average Bonchev–Trinajstić information content (AvgIpc) is 2.19. The first-order chi connectivity index (χ1) is 6.36. The van der Waals surface area contributed by atoms with Crippen molar-refractivity contribution in [3.8, 4) is 0 Å². The molecular weight excluding hydrogens is 158 g/mol. The Kier molecular flexibility index (Phi) is 2.17. The smallest absolute Gasteiger partial charge is 0.0409 e. The molecule has 1 aliphatic heterocycles. The molecule has 1 aromatic carbocycles. The normalized spacial score (nSPS) is 15.8. The van der Waals surface area contributed by atoms with Crippen LogP contribution in [-0.2, 0) is 0 Å². The van der Waals surface area contributed by atoms with Crippen LogP contribution in [0.2, 0.25) is 0 Å². The summed E-state index contributed by atoms with van der Waals surface area (Å²) in [7, 11) is 0. The molecule has 0 atom stereocenters. The van der Waals surface area contributed by atoms with Gasteiger partial charge in [0.15, 0.2) is 0 Å². The lowest BCUT2D eigenvalue weighted by Crippen LogP contribution is -2.18. The van der Waals surface area contributed by atoms with E-state index in [9.17, 15) is 0 Å². The lowest BCUT2D eigenvalue weighted by atomic mass is 10.2. The van der Waals surface area contributed by atoms with Gasteiger partial charge in [0.2, 0.25) is 0 Å². The summed E-state index contributed by atoms with van der Waals surface area (Å²) in [6.07, 6.45) is 6.51. The Balaban J connectivity index is 2.24. The van der Waals surface area contributed by atoms with E-state index in [1.807, 2.05) is 6.07 Å². The minimum atomic E-state index is 0.974. The summed E-state index contributed by atoms with van der Waals surface area (Å²) in [6.45, 7) is 3.09. The fourth-order valence-electron chi connectivity index (χ4n) is 1.49. The first-order valence-electron chi connectivity index (χ1n) is 4.53. The molecule has 66 valence electrons. The number of rotatable bonds is 1. The zero-order chi connectivity index (χ0) is 9.10. The fourth-order valence-corrected chi connectivity index (χ4v) is 1.49. The molecule has 0 unspecified atom stereocenters. The average molecular weight is 171 g/mol. The van der Waals surface area contributed by atoms with Gasteiger partial charge < -0.3 is 4.90 Å². The third kappa shape index (κ3) is 1.81. The summed E-state index contributed by atoms with van der Waals surface area (Å²) < 4.78 is 0. The Morgan fingerprint density at radius 1 is 1.15 bits per heavy atom. The van der Waals surface area contributed by atoms with Crippen molar-refractivity contribution in [1.82, 2.24) is 0 Å². The van der Waals surface area contributed by atoms with E-state index in [1.54, 1.807) is 0 Å². The van der Waals surface area contributed by atoms with Crippen LogP contribution in [0.3, 0.4) is 0 Å². The predicted octanol–water partition coefficient (Wildman–Crippen LogP) is 2.97. The summed E-state index contributed by atoms with van der Waals surface area (Å²) in [5.74, 6) is 0. The number of nitrogens with zero attached hydrogens (tertiary/aromatic N) is 1. The molecule has 0 bridgehead atoms. The van der Waals surface area contributed by atoms with Crippen molar-refractivity contribution >= 4 is 5.69 Å². The predicted molar refractivity (Wildman–Crippen MR) is 56.7 cm³/mol. The second-order valence-electron chi connectivity index (χ2n) is 3.26. The molecule has 0 spiro atoms. The van der Waals surface area contributed by atoms with Gasteiger partial charge in [-0.15, -0.1) is 0 Å². The van der Waals surface area contributed by atoms with Crippen LogP contribution in [0.5, 0.6) is 0 Å². The second-order valence-corrected chi connectivity index (χ2v) is 3.26. The topological polar surface area (TPSA) is 3.24 Å². The van der Waals surface area contributed by atoms with Crippen molar-refractivity contribution in [1.29, 1.82) is 0 Å². The highest BCUT2D eigenvalue weighted by atomic mass is 15.1. The summed E-state index contributed by atoms with van der Waals surface area (Å²) in [5.41, 5.74) is 2.56. The molecule has 13 heavy (non-hydrogen) atoms. The largest absolute Gasteiger partial charge is 0.344 e. The summed E-state index contributed by atoms with van der Waals surface area (Å²) in [5, 5.41) is 0. The van der Waals surface area contributed by atoms with Crippen LogP contribution >= 0.6 is 0 Å². The first-order valence-corrected chi connectivity index (χ1v) is 4.53. The first kappa shape index (κ1) is 8.11. The SMILES string of the molecule is CC1=CN(c2ccccc2)CC=C1. The van der Waals surface area contributed by atoms with E-state index in [2.05, 4.69) is 54.4 Å². The van der Waals surface area contributed by atoms with Gasteiger partial charge in [-0.2, -0.15) is 0 Å². The zero-order valence-electron chi connectivity index (χ0n) is 7.77. The van der Waals surface area contributed by atoms with Gasteiger partial charge in [-0.25, -0.2) is 0 Å². The number of benzene rings is 1. The highest BCUT2D eigenvalue weighted by Gasteiger charge is 2.03. The molecule has 0 aliphatic carbocycles. The van der Waals surface area contributed by atoms with Crippen molar-refractivity contribution in [3.05, 3.63) is 54.3 Å². The molecule has 0 N–H and O–H groups in total. The van der Waals surface area contributed by atoms with Gasteiger partial charge in [-0.3, -0.25) is 0 Å². The molecule has 0 aromatic heterocycles. The van der Waals surface area contributed by atoms with E-state index in [0.717, 1.165) is 6.54 Å². The number of hydrogen-bond acceptors (Lipinski definition) is 1. The van der Waals surface area contributed by atoms with E-state index in [0.29, 0.717) is 0 Å². The van der Waals surface area contributed by atoms with E-state index >= 15 is 0 Å². The summed E-state index contributed by atoms with van der Waals surface area (Å²) in [4.78, 5) is 2.25. The molecule has 0 radical (unpaired) electrons. The van der Waals surface area contributed by atoms with E-state index in [-0.39, 0.29) is 0 Å². The number of hydrogen-bond donors (Lipinski definition) is 0. The molecule has 0 saturated heterocycles. The van der Waals surface area contributed by atoms with Crippen LogP contribution < -0.4 is 4.90 Å². The molecule has 1 heterocycles. The number of allylic oxidation sites excluding steroid dienone is 2. The molecule has 1 aromatic rings. The minimum Gasteiger partial charge on any atom is -0.344 e. The van der Waals surface area contributed by atoms with Crippen molar-refractivity contribution in [2.45, 2.75) is 6.92 Å². The monoisotopic (exact) mass is 171 g/mol. The minimum absolute atomic E-state index is 0.974. The molecule has 1 heteroatoms. The summed E-state index contributed by atoms with van der Waals surface area (Å²) >= 11 is 0. The zero-order valence-corrected chi connectivity index (χ0v) is 7.77. The van der Waals surface area contributed by atoms with E-state index in [4.69, 9.17) is 0 Å². The van der Waals surface area contributed by atoms with Gasteiger partial charge in [-0.1, -0.05) is 30.4 Å². The number of para-hydroxylation sites is 1. The van der Waals surface area contributed by atoms with Crippen molar-refractivity contribution in [2.75, 3.05) is 11.4 Å². The number of anilines is 1. The Bertz CT molecular complexity index is 335. The van der Waals surface area contributed by atoms with Crippen LogP contribution in [0.15, 0.2) is 54.3 Å². The van der Waals surface area contributed by atoms with Gasteiger partial charge in [0.25, 0.3) is 0 Å². The van der Waals surface area contributed by atoms with Gasteiger partial charge in [0.1, 0.15) is 0 Å². The van der Waals surface area contributed by atoms with Crippen molar-refractivity contribution in [2.24, 2.45) is 0 Å². The van der Waals surface area contributed by atoms with Gasteiger partial charge in [-0.05, 0) is 24.6 Å². The molecule has 0 amide bonds. The molecule has 0 fully saturated rings. The van der Waals surface area contributed by atoms with Crippen LogP contribution in [0, 0.1) is 0 Å². The van der Waals surface area contributed by atoms with Crippen LogP contribution in [0.25, 0.3) is 0 Å². The third-order valence-corrected chi connectivity index (χ3v) is 2.13. The van der Waals surface area contributed by atoms with E-state index < -0.39 is 0 Å². The lowest BCUT2D eigenvalue weighted by molar-refractivity contribution is 1.05. The van der Waals surface area contributed by atoms with Crippen molar-refractivity contribution < 1.29 is 0 Å². The molecular formula is C12H13N. The molecule has 0 saturated carbocycles. The van der Waals surface area contributed by atoms with Gasteiger partial charge in [0, 0.05) is 18.4 Å². The lowest BCUT2D eigenvalue weighted by Gasteiger charge is -2.22. The van der Waals surface area contributed by atoms with Crippen LogP contribution in [0.1, 0.15) is 6.92 Å². The van der Waals surface area contributed by atoms with Crippen LogP contribution in [-0.4, -0.2) is 6.54 Å². The standard InChI is InChI=1S/C12H13N/c1-11-6-5-9-13(10-11)12-7-3-2-4-8-12/h2-8,10H,9H2,1H3. The summed E-state index contributed by atoms with van der Waals surface area (Å²) in [6, 6.07) is 10.4. The Labute approximate surface area is 79.0 Å².